The lowest BCUT2D eigenvalue weighted by Crippen LogP contribution is -2.29. The van der Waals surface area contributed by atoms with Gasteiger partial charge in [0.15, 0.2) is 5.65 Å². The van der Waals surface area contributed by atoms with Gasteiger partial charge in [0.25, 0.3) is 0 Å². The number of hydrogen-bond donors (Lipinski definition) is 1. The number of amides is 1. The highest BCUT2D eigenvalue weighted by molar-refractivity contribution is 7.98. The summed E-state index contributed by atoms with van der Waals surface area (Å²) in [5, 5.41) is 12.6. The molecule has 1 amide bonds. The second kappa shape index (κ2) is 9.97. The molecule has 0 aliphatic heterocycles. The molecular weight excluding hydrogens is 466 g/mol. The van der Waals surface area contributed by atoms with Crippen molar-refractivity contribution < 1.29 is 14.3 Å². The Balaban J connectivity index is 1.48. The second-order valence-electron chi connectivity index (χ2n) is 6.91. The molecule has 0 bridgehead atoms. The predicted octanol–water partition coefficient (Wildman–Crippen LogP) is 3.49. The highest BCUT2D eigenvalue weighted by atomic mass is 35.5. The van der Waals surface area contributed by atoms with Crippen LogP contribution in [0, 0.1) is 0 Å². The number of anilines is 1. The predicted molar refractivity (Wildman–Crippen MR) is 126 cm³/mol. The molecule has 4 aromatic rings. The number of ether oxygens (including phenoxy) is 2. The lowest BCUT2D eigenvalue weighted by molar-refractivity contribution is -0.117. The molecule has 0 aliphatic rings. The van der Waals surface area contributed by atoms with Crippen molar-refractivity contribution in [2.75, 3.05) is 19.5 Å². The van der Waals surface area contributed by atoms with E-state index in [1.54, 1.807) is 30.3 Å². The number of benzene rings is 2. The van der Waals surface area contributed by atoms with Crippen molar-refractivity contribution in [2.45, 2.75) is 17.3 Å². The van der Waals surface area contributed by atoms with Gasteiger partial charge < -0.3 is 14.8 Å². The molecule has 2 aromatic carbocycles. The average molecular weight is 486 g/mol. The van der Waals surface area contributed by atoms with Crippen molar-refractivity contribution in [2.24, 2.45) is 0 Å². The van der Waals surface area contributed by atoms with Crippen LogP contribution in [-0.4, -0.2) is 39.5 Å². The minimum absolute atomic E-state index is 0.282. The van der Waals surface area contributed by atoms with Gasteiger partial charge in [-0.05, 0) is 42.0 Å². The molecule has 0 saturated carbocycles. The van der Waals surface area contributed by atoms with Gasteiger partial charge in [-0.15, -0.1) is 5.10 Å². The standard InChI is InChI=1S/C22H20ClN5O4S/c1-31-16-7-8-18(32-2)17(11-16)24-20(29)12-27-22(30)28-19(25-27)9-10-21(26-28)33-13-14-3-5-15(23)6-4-14/h3-11H,12-13H2,1-2H3,(H,24,29). The molecule has 0 unspecified atom stereocenters. The zero-order chi connectivity index (χ0) is 23.4. The molecule has 9 nitrogen and oxygen atoms in total. The van der Waals surface area contributed by atoms with Gasteiger partial charge in [0.2, 0.25) is 5.91 Å². The number of methoxy groups -OCH3 is 2. The summed E-state index contributed by atoms with van der Waals surface area (Å²) < 4.78 is 12.7. The molecule has 2 heterocycles. The third-order valence-corrected chi connectivity index (χ3v) is 5.93. The highest BCUT2D eigenvalue weighted by Crippen LogP contribution is 2.28. The van der Waals surface area contributed by atoms with E-state index in [1.807, 2.05) is 24.3 Å². The molecular formula is C22H20ClN5O4S. The Hall–Kier alpha value is -3.50. The fourth-order valence-corrected chi connectivity index (χ4v) is 3.98. The minimum atomic E-state index is -0.508. The van der Waals surface area contributed by atoms with Crippen molar-refractivity contribution in [1.82, 2.24) is 19.4 Å². The van der Waals surface area contributed by atoms with E-state index in [0.29, 0.717) is 38.6 Å². The van der Waals surface area contributed by atoms with Crippen molar-refractivity contribution in [3.05, 3.63) is 75.7 Å². The molecule has 0 radical (unpaired) electrons. The topological polar surface area (TPSA) is 99.8 Å². The van der Waals surface area contributed by atoms with E-state index in [4.69, 9.17) is 21.1 Å². The van der Waals surface area contributed by atoms with E-state index < -0.39 is 11.6 Å². The number of carbonyl (C=O) groups excluding carboxylic acids is 1. The number of rotatable bonds is 8. The summed E-state index contributed by atoms with van der Waals surface area (Å²) in [6.45, 7) is -0.282. The van der Waals surface area contributed by atoms with E-state index in [-0.39, 0.29) is 6.54 Å². The lowest BCUT2D eigenvalue weighted by Gasteiger charge is -2.11. The summed E-state index contributed by atoms with van der Waals surface area (Å²) in [5.74, 6) is 1.26. The number of nitrogens with one attached hydrogen (secondary N) is 1. The molecule has 1 N–H and O–H groups in total. The smallest absolute Gasteiger partial charge is 0.367 e. The Bertz CT molecular complexity index is 1350. The molecule has 11 heteroatoms. The first-order valence-electron chi connectivity index (χ1n) is 9.83. The van der Waals surface area contributed by atoms with E-state index in [2.05, 4.69) is 15.5 Å². The van der Waals surface area contributed by atoms with Crippen LogP contribution in [-0.2, 0) is 17.1 Å². The molecule has 170 valence electrons. The number of halogens is 1. The van der Waals surface area contributed by atoms with Crippen LogP contribution in [0.2, 0.25) is 5.02 Å². The average Bonchev–Trinajstić information content (AvgIpc) is 3.13. The van der Waals surface area contributed by atoms with E-state index in [0.717, 1.165) is 10.2 Å². The Kier molecular flexibility index (Phi) is 6.85. The molecule has 0 spiro atoms. The van der Waals surface area contributed by atoms with Gasteiger partial charge in [-0.1, -0.05) is 35.5 Å². The summed E-state index contributed by atoms with van der Waals surface area (Å²) in [5.41, 5.74) is 1.35. The maximum Gasteiger partial charge on any atom is 0.367 e. The monoisotopic (exact) mass is 485 g/mol. The molecule has 2 aromatic heterocycles. The van der Waals surface area contributed by atoms with Gasteiger partial charge in [-0.25, -0.2) is 9.48 Å². The quantitative estimate of drug-likeness (QED) is 0.381. The number of nitrogens with zero attached hydrogens (tertiary/aromatic N) is 4. The molecule has 0 fully saturated rings. The van der Waals surface area contributed by atoms with Gasteiger partial charge >= 0.3 is 5.69 Å². The summed E-state index contributed by atoms with van der Waals surface area (Å²) in [6, 6.07) is 16.0. The first kappa shape index (κ1) is 22.7. The maximum absolute atomic E-state index is 12.8. The number of fused-ring (bicyclic) bond motifs is 1. The molecule has 0 saturated heterocycles. The van der Waals surface area contributed by atoms with Crippen molar-refractivity contribution >= 4 is 40.6 Å². The Labute approximate surface area is 198 Å². The van der Waals surface area contributed by atoms with Crippen LogP contribution in [0.4, 0.5) is 5.69 Å². The number of carbonyl (C=O) groups is 1. The molecule has 33 heavy (non-hydrogen) atoms. The Morgan fingerprint density at radius 3 is 2.58 bits per heavy atom. The third-order valence-electron chi connectivity index (χ3n) is 4.69. The number of thioether (sulfide) groups is 1. The van der Waals surface area contributed by atoms with Crippen LogP contribution in [0.1, 0.15) is 5.56 Å². The zero-order valence-electron chi connectivity index (χ0n) is 17.8. The van der Waals surface area contributed by atoms with Crippen LogP contribution in [0.15, 0.2) is 64.4 Å². The Morgan fingerprint density at radius 2 is 1.85 bits per heavy atom. The lowest BCUT2D eigenvalue weighted by atomic mass is 10.2. The van der Waals surface area contributed by atoms with E-state index in [9.17, 15) is 9.59 Å². The maximum atomic E-state index is 12.8. The first-order chi connectivity index (χ1) is 16.0. The van der Waals surface area contributed by atoms with Gasteiger partial charge in [-0.2, -0.15) is 9.61 Å². The largest absolute Gasteiger partial charge is 0.497 e. The van der Waals surface area contributed by atoms with Gasteiger partial charge in [0.05, 0.1) is 19.9 Å². The van der Waals surface area contributed by atoms with Crippen molar-refractivity contribution in [3.8, 4) is 11.5 Å². The van der Waals surface area contributed by atoms with Crippen LogP contribution >= 0.6 is 23.4 Å². The molecule has 0 atom stereocenters. The molecule has 0 aliphatic carbocycles. The van der Waals surface area contributed by atoms with E-state index in [1.165, 1.54) is 30.5 Å². The Morgan fingerprint density at radius 1 is 1.06 bits per heavy atom. The first-order valence-corrected chi connectivity index (χ1v) is 11.2. The van der Waals surface area contributed by atoms with Crippen LogP contribution in [0.5, 0.6) is 11.5 Å². The summed E-state index contributed by atoms with van der Waals surface area (Å²) in [7, 11) is 3.02. The summed E-state index contributed by atoms with van der Waals surface area (Å²) >= 11 is 7.40. The number of hydrogen-bond acceptors (Lipinski definition) is 7. The second-order valence-corrected chi connectivity index (χ2v) is 8.34. The zero-order valence-corrected chi connectivity index (χ0v) is 19.4. The van der Waals surface area contributed by atoms with Crippen LogP contribution in [0.3, 0.4) is 0 Å². The minimum Gasteiger partial charge on any atom is -0.497 e. The fourth-order valence-electron chi connectivity index (χ4n) is 3.05. The van der Waals surface area contributed by atoms with Gasteiger partial charge in [0.1, 0.15) is 23.1 Å². The summed E-state index contributed by atoms with van der Waals surface area (Å²) in [6.07, 6.45) is 0. The number of aromatic nitrogens is 4. The van der Waals surface area contributed by atoms with Crippen LogP contribution < -0.4 is 20.5 Å². The summed E-state index contributed by atoms with van der Waals surface area (Å²) in [4.78, 5) is 25.3. The SMILES string of the molecule is COc1ccc(OC)c(NC(=O)Cn2nc3ccc(SCc4ccc(Cl)cc4)nn3c2=O)c1. The van der Waals surface area contributed by atoms with Crippen LogP contribution in [0.25, 0.3) is 5.65 Å². The normalized spacial score (nSPS) is 10.9. The molecule has 4 rings (SSSR count). The third kappa shape index (κ3) is 5.29. The highest BCUT2D eigenvalue weighted by Gasteiger charge is 2.15. The van der Waals surface area contributed by atoms with Crippen molar-refractivity contribution in [1.29, 1.82) is 0 Å². The van der Waals surface area contributed by atoms with Crippen molar-refractivity contribution in [3.63, 3.8) is 0 Å². The van der Waals surface area contributed by atoms with Gasteiger partial charge in [-0.3, -0.25) is 4.79 Å². The fraction of sp³-hybridized carbons (Fsp3) is 0.182. The van der Waals surface area contributed by atoms with Gasteiger partial charge in [0, 0.05) is 16.8 Å². The van der Waals surface area contributed by atoms with E-state index >= 15 is 0 Å².